The molecule has 1 N–H and O–H groups in total. The molecular formula is C14H22N4O3. The van der Waals surface area contributed by atoms with Crippen molar-refractivity contribution in [3.05, 3.63) is 17.5 Å². The number of carbonyl (C=O) groups is 1. The topological polar surface area (TPSA) is 70.8 Å². The Morgan fingerprint density at radius 1 is 1.43 bits per heavy atom. The lowest BCUT2D eigenvalue weighted by molar-refractivity contribution is -0.147. The Labute approximate surface area is 124 Å². The van der Waals surface area contributed by atoms with Gasteiger partial charge in [-0.05, 0) is 6.92 Å². The summed E-state index contributed by atoms with van der Waals surface area (Å²) in [6.45, 7) is 7.95. The number of piperazine rings is 1. The fourth-order valence-corrected chi connectivity index (χ4v) is 2.78. The Morgan fingerprint density at radius 3 is 2.86 bits per heavy atom. The SMILES string of the molecule is Cc1cc(CN2CCN(C(=O)C3CNCCO3)CC2)no1. The summed E-state index contributed by atoms with van der Waals surface area (Å²) in [5.74, 6) is 0.944. The minimum Gasteiger partial charge on any atom is -0.366 e. The quantitative estimate of drug-likeness (QED) is 0.819. The van der Waals surface area contributed by atoms with Gasteiger partial charge in [-0.1, -0.05) is 5.16 Å². The van der Waals surface area contributed by atoms with Crippen LogP contribution in [0.15, 0.2) is 10.6 Å². The van der Waals surface area contributed by atoms with Gasteiger partial charge in [0.1, 0.15) is 11.9 Å². The molecule has 2 saturated heterocycles. The first kappa shape index (κ1) is 14.5. The average molecular weight is 294 g/mol. The third kappa shape index (κ3) is 3.61. The van der Waals surface area contributed by atoms with Crippen molar-refractivity contribution in [1.29, 1.82) is 0 Å². The average Bonchev–Trinajstić information content (AvgIpc) is 2.93. The maximum atomic E-state index is 12.3. The molecule has 1 aromatic rings. The monoisotopic (exact) mass is 294 g/mol. The van der Waals surface area contributed by atoms with E-state index in [0.717, 1.165) is 50.7 Å². The van der Waals surface area contributed by atoms with E-state index in [2.05, 4.69) is 15.4 Å². The van der Waals surface area contributed by atoms with Crippen LogP contribution < -0.4 is 5.32 Å². The van der Waals surface area contributed by atoms with Gasteiger partial charge in [0, 0.05) is 51.9 Å². The number of ether oxygens (including phenoxy) is 1. The van der Waals surface area contributed by atoms with Crippen molar-refractivity contribution in [2.75, 3.05) is 45.9 Å². The van der Waals surface area contributed by atoms with Gasteiger partial charge in [-0.2, -0.15) is 0 Å². The minimum absolute atomic E-state index is 0.110. The Bertz CT molecular complexity index is 476. The molecule has 0 aliphatic carbocycles. The number of nitrogens with zero attached hydrogens (tertiary/aromatic N) is 3. The highest BCUT2D eigenvalue weighted by atomic mass is 16.5. The highest BCUT2D eigenvalue weighted by Crippen LogP contribution is 2.11. The van der Waals surface area contributed by atoms with Crippen LogP contribution in [0.2, 0.25) is 0 Å². The second kappa shape index (κ2) is 6.55. The van der Waals surface area contributed by atoms with E-state index in [1.807, 2.05) is 17.9 Å². The standard InChI is InChI=1S/C14H22N4O3/c1-11-8-12(16-21-11)10-17-3-5-18(6-4-17)14(19)13-9-15-2-7-20-13/h8,13,15H,2-7,9-10H2,1H3. The summed E-state index contributed by atoms with van der Waals surface area (Å²) in [6, 6.07) is 1.96. The Hall–Kier alpha value is -1.44. The summed E-state index contributed by atoms with van der Waals surface area (Å²) in [6.07, 6.45) is -0.316. The first-order valence-corrected chi connectivity index (χ1v) is 7.48. The number of hydrogen-bond donors (Lipinski definition) is 1. The molecule has 116 valence electrons. The molecule has 7 nitrogen and oxygen atoms in total. The van der Waals surface area contributed by atoms with Gasteiger partial charge in [0.05, 0.1) is 12.3 Å². The molecule has 21 heavy (non-hydrogen) atoms. The Balaban J connectivity index is 1.47. The normalized spacial score (nSPS) is 24.2. The molecule has 3 rings (SSSR count). The second-order valence-corrected chi connectivity index (χ2v) is 5.59. The van der Waals surface area contributed by atoms with Crippen LogP contribution in [0.5, 0.6) is 0 Å². The largest absolute Gasteiger partial charge is 0.366 e. The maximum absolute atomic E-state index is 12.3. The van der Waals surface area contributed by atoms with Crippen LogP contribution in [0.25, 0.3) is 0 Å². The fourth-order valence-electron chi connectivity index (χ4n) is 2.78. The van der Waals surface area contributed by atoms with Crippen molar-refractivity contribution < 1.29 is 14.1 Å². The summed E-state index contributed by atoms with van der Waals surface area (Å²) in [5.41, 5.74) is 0.951. The van der Waals surface area contributed by atoms with Gasteiger partial charge >= 0.3 is 0 Å². The number of rotatable bonds is 3. The Kier molecular flexibility index (Phi) is 4.52. The molecular weight excluding hydrogens is 272 g/mol. The molecule has 1 unspecified atom stereocenters. The lowest BCUT2D eigenvalue weighted by atomic mass is 10.2. The summed E-state index contributed by atoms with van der Waals surface area (Å²) < 4.78 is 10.6. The third-order valence-corrected chi connectivity index (χ3v) is 3.95. The molecule has 1 atom stereocenters. The lowest BCUT2D eigenvalue weighted by Gasteiger charge is -2.36. The van der Waals surface area contributed by atoms with Gasteiger partial charge in [0.15, 0.2) is 0 Å². The van der Waals surface area contributed by atoms with E-state index < -0.39 is 0 Å². The van der Waals surface area contributed by atoms with Crippen LogP contribution in [0, 0.1) is 6.92 Å². The van der Waals surface area contributed by atoms with Crippen LogP contribution in [0.4, 0.5) is 0 Å². The number of amides is 1. The van der Waals surface area contributed by atoms with E-state index in [4.69, 9.17) is 9.26 Å². The summed E-state index contributed by atoms with van der Waals surface area (Å²) >= 11 is 0. The molecule has 0 spiro atoms. The predicted molar refractivity (Wildman–Crippen MR) is 75.7 cm³/mol. The molecule has 1 amide bonds. The zero-order valence-corrected chi connectivity index (χ0v) is 12.4. The van der Waals surface area contributed by atoms with Crippen molar-refractivity contribution in [1.82, 2.24) is 20.3 Å². The van der Waals surface area contributed by atoms with Crippen LogP contribution in [-0.4, -0.2) is 72.8 Å². The minimum atomic E-state index is -0.316. The van der Waals surface area contributed by atoms with Gasteiger partial charge < -0.3 is 19.5 Å². The van der Waals surface area contributed by atoms with E-state index in [1.54, 1.807) is 0 Å². The van der Waals surface area contributed by atoms with E-state index in [0.29, 0.717) is 13.2 Å². The number of morpholine rings is 1. The van der Waals surface area contributed by atoms with Crippen LogP contribution in [-0.2, 0) is 16.1 Å². The highest BCUT2D eigenvalue weighted by molar-refractivity contribution is 5.81. The van der Waals surface area contributed by atoms with Crippen molar-refractivity contribution in [3.63, 3.8) is 0 Å². The van der Waals surface area contributed by atoms with Crippen molar-refractivity contribution in [2.45, 2.75) is 19.6 Å². The smallest absolute Gasteiger partial charge is 0.253 e. The first-order valence-electron chi connectivity index (χ1n) is 7.48. The summed E-state index contributed by atoms with van der Waals surface area (Å²) in [4.78, 5) is 16.5. The molecule has 2 aliphatic heterocycles. The zero-order valence-electron chi connectivity index (χ0n) is 12.4. The molecule has 2 aliphatic rings. The second-order valence-electron chi connectivity index (χ2n) is 5.59. The zero-order chi connectivity index (χ0) is 14.7. The molecule has 0 saturated carbocycles. The first-order chi connectivity index (χ1) is 10.2. The number of aromatic nitrogens is 1. The maximum Gasteiger partial charge on any atom is 0.253 e. The molecule has 0 aromatic carbocycles. The molecule has 0 bridgehead atoms. The van der Waals surface area contributed by atoms with Gasteiger partial charge in [-0.25, -0.2) is 0 Å². The van der Waals surface area contributed by atoms with Gasteiger partial charge in [-0.3, -0.25) is 9.69 Å². The molecule has 2 fully saturated rings. The van der Waals surface area contributed by atoms with Gasteiger partial charge in [-0.15, -0.1) is 0 Å². The number of nitrogens with one attached hydrogen (secondary N) is 1. The number of hydrogen-bond acceptors (Lipinski definition) is 6. The van der Waals surface area contributed by atoms with Gasteiger partial charge in [0.25, 0.3) is 5.91 Å². The fraction of sp³-hybridized carbons (Fsp3) is 0.714. The Morgan fingerprint density at radius 2 is 2.24 bits per heavy atom. The lowest BCUT2D eigenvalue weighted by Crippen LogP contribution is -2.54. The highest BCUT2D eigenvalue weighted by Gasteiger charge is 2.29. The van der Waals surface area contributed by atoms with Crippen molar-refractivity contribution >= 4 is 5.91 Å². The molecule has 1 aromatic heterocycles. The molecule has 0 radical (unpaired) electrons. The van der Waals surface area contributed by atoms with Crippen molar-refractivity contribution in [3.8, 4) is 0 Å². The van der Waals surface area contributed by atoms with Crippen LogP contribution in [0.3, 0.4) is 0 Å². The summed E-state index contributed by atoms with van der Waals surface area (Å²) in [5, 5.41) is 7.21. The van der Waals surface area contributed by atoms with Gasteiger partial charge in [0.2, 0.25) is 0 Å². The van der Waals surface area contributed by atoms with E-state index in [1.165, 1.54) is 0 Å². The van der Waals surface area contributed by atoms with Crippen molar-refractivity contribution in [2.24, 2.45) is 0 Å². The van der Waals surface area contributed by atoms with E-state index >= 15 is 0 Å². The number of aryl methyl sites for hydroxylation is 1. The van der Waals surface area contributed by atoms with Crippen LogP contribution >= 0.6 is 0 Å². The summed E-state index contributed by atoms with van der Waals surface area (Å²) in [7, 11) is 0. The van der Waals surface area contributed by atoms with E-state index in [-0.39, 0.29) is 12.0 Å². The number of carbonyl (C=O) groups excluding carboxylic acids is 1. The molecule has 7 heteroatoms. The third-order valence-electron chi connectivity index (χ3n) is 3.95. The predicted octanol–water partition coefficient (Wildman–Crippen LogP) is -0.384. The molecule has 3 heterocycles. The van der Waals surface area contributed by atoms with Crippen LogP contribution in [0.1, 0.15) is 11.5 Å². The van der Waals surface area contributed by atoms with E-state index in [9.17, 15) is 4.79 Å².